The maximum atomic E-state index is 5.17. The van der Waals surface area contributed by atoms with Crippen LogP contribution in [0.4, 0.5) is 0 Å². The van der Waals surface area contributed by atoms with Crippen molar-refractivity contribution in [1.29, 1.82) is 0 Å². The van der Waals surface area contributed by atoms with E-state index in [1.54, 1.807) is 0 Å². The van der Waals surface area contributed by atoms with Gasteiger partial charge < -0.3 is 34.4 Å². The Hall–Kier alpha value is 0.266. The molecule has 7 heteroatoms. The molecular formula is C9H30CoN6. The second-order valence-corrected chi connectivity index (χ2v) is 3.64. The van der Waals surface area contributed by atoms with Crippen LogP contribution in [0.15, 0.2) is 0 Å². The first-order chi connectivity index (χ1) is 6.81. The Morgan fingerprint density at radius 2 is 0.688 bits per heavy atom. The predicted molar refractivity (Wildman–Crippen MR) is 68.1 cm³/mol. The molecule has 0 saturated heterocycles. The first-order valence-electron chi connectivity index (χ1n) is 5.18. The molecule has 12 N–H and O–H groups in total. The van der Waals surface area contributed by atoms with E-state index >= 15 is 0 Å². The second-order valence-electron chi connectivity index (χ2n) is 3.64. The molecule has 0 bridgehead atoms. The van der Waals surface area contributed by atoms with Gasteiger partial charge in [-0.3, -0.25) is 0 Å². The molecule has 0 aliphatic rings. The summed E-state index contributed by atoms with van der Waals surface area (Å²) < 4.78 is 0. The summed E-state index contributed by atoms with van der Waals surface area (Å²) >= 11 is 0. The van der Waals surface area contributed by atoms with Crippen molar-refractivity contribution in [3.05, 3.63) is 0 Å². The van der Waals surface area contributed by atoms with Crippen LogP contribution < -0.4 is 34.4 Å². The van der Waals surface area contributed by atoms with Crippen LogP contribution in [0, 0.1) is 0 Å². The van der Waals surface area contributed by atoms with Gasteiger partial charge >= 0.3 is 0 Å². The maximum absolute atomic E-state index is 5.17. The molecule has 0 saturated carbocycles. The van der Waals surface area contributed by atoms with Crippen molar-refractivity contribution < 1.29 is 16.8 Å². The van der Waals surface area contributed by atoms with Gasteiger partial charge in [0.2, 0.25) is 0 Å². The summed E-state index contributed by atoms with van der Waals surface area (Å²) in [5.41, 5.74) is 30.6. The summed E-state index contributed by atoms with van der Waals surface area (Å²) in [6, 6.07) is 0.486. The molecule has 0 heterocycles. The van der Waals surface area contributed by atoms with E-state index in [9.17, 15) is 0 Å². The van der Waals surface area contributed by atoms with Gasteiger partial charge in [-0.1, -0.05) is 0 Å². The summed E-state index contributed by atoms with van der Waals surface area (Å²) in [6.45, 7) is 7.38. The van der Waals surface area contributed by atoms with Gasteiger partial charge in [-0.25, -0.2) is 0 Å². The van der Waals surface area contributed by atoms with Gasteiger partial charge in [0.05, 0.1) is 0 Å². The molecule has 0 aromatic carbocycles. The monoisotopic (exact) mass is 281 g/mol. The summed E-state index contributed by atoms with van der Waals surface area (Å²) in [5, 5.41) is 0. The maximum Gasteiger partial charge on any atom is 0.0134 e. The van der Waals surface area contributed by atoms with Crippen LogP contribution in [0.2, 0.25) is 0 Å². The molecule has 105 valence electrons. The zero-order chi connectivity index (χ0) is 12.9. The van der Waals surface area contributed by atoms with Gasteiger partial charge in [-0.2, -0.15) is 0 Å². The fourth-order valence-electron chi connectivity index (χ4n) is 0. The number of hydrogen-bond acceptors (Lipinski definition) is 6. The van der Waals surface area contributed by atoms with Gasteiger partial charge in [0.15, 0.2) is 0 Å². The van der Waals surface area contributed by atoms with E-state index < -0.39 is 0 Å². The third kappa shape index (κ3) is 63.9. The summed E-state index contributed by atoms with van der Waals surface area (Å²) in [5.74, 6) is 0. The van der Waals surface area contributed by atoms with Crippen molar-refractivity contribution in [1.82, 2.24) is 0 Å². The SMILES string of the molecule is CC(N)CN.CC(N)CN.CC(N)CN.[Co]. The van der Waals surface area contributed by atoms with E-state index in [2.05, 4.69) is 0 Å². The minimum atomic E-state index is 0. The first-order valence-corrected chi connectivity index (χ1v) is 5.18. The van der Waals surface area contributed by atoms with Crippen LogP contribution in [-0.2, 0) is 16.8 Å². The minimum Gasteiger partial charge on any atom is -0.329 e. The average Bonchev–Trinajstić information content (AvgIpc) is 2.19. The van der Waals surface area contributed by atoms with Crippen molar-refractivity contribution in [2.75, 3.05) is 19.6 Å². The summed E-state index contributed by atoms with van der Waals surface area (Å²) in [6.07, 6.45) is 0. The fourth-order valence-corrected chi connectivity index (χ4v) is 0. The van der Waals surface area contributed by atoms with E-state index in [1.807, 2.05) is 20.8 Å². The molecule has 0 aromatic heterocycles. The minimum absolute atomic E-state index is 0. The van der Waals surface area contributed by atoms with E-state index in [0.29, 0.717) is 19.6 Å². The number of rotatable bonds is 3. The molecule has 3 unspecified atom stereocenters. The van der Waals surface area contributed by atoms with E-state index in [0.717, 1.165) is 0 Å². The van der Waals surface area contributed by atoms with E-state index in [1.165, 1.54) is 0 Å². The normalized spacial score (nSPS) is 14.1. The van der Waals surface area contributed by atoms with Crippen LogP contribution in [0.1, 0.15) is 20.8 Å². The largest absolute Gasteiger partial charge is 0.329 e. The molecule has 1 radical (unpaired) electrons. The molecule has 0 aliphatic heterocycles. The summed E-state index contributed by atoms with van der Waals surface area (Å²) in [7, 11) is 0. The number of hydrogen-bond donors (Lipinski definition) is 6. The smallest absolute Gasteiger partial charge is 0.0134 e. The molecule has 0 fully saturated rings. The van der Waals surface area contributed by atoms with Crippen LogP contribution in [0.25, 0.3) is 0 Å². The van der Waals surface area contributed by atoms with E-state index in [4.69, 9.17) is 34.4 Å². The summed E-state index contributed by atoms with van der Waals surface area (Å²) in [4.78, 5) is 0. The van der Waals surface area contributed by atoms with Crippen molar-refractivity contribution in [2.24, 2.45) is 34.4 Å². The Morgan fingerprint density at radius 3 is 0.688 bits per heavy atom. The Labute approximate surface area is 110 Å². The zero-order valence-electron chi connectivity index (χ0n) is 10.7. The van der Waals surface area contributed by atoms with Crippen LogP contribution in [0.5, 0.6) is 0 Å². The van der Waals surface area contributed by atoms with Gasteiger partial charge in [-0.05, 0) is 20.8 Å². The first kappa shape index (κ1) is 25.2. The zero-order valence-corrected chi connectivity index (χ0v) is 11.7. The molecule has 16 heavy (non-hydrogen) atoms. The van der Waals surface area contributed by atoms with Crippen LogP contribution in [0.3, 0.4) is 0 Å². The number of nitrogens with two attached hydrogens (primary N) is 6. The molecule has 0 rings (SSSR count). The fraction of sp³-hybridized carbons (Fsp3) is 1.00. The van der Waals surface area contributed by atoms with E-state index in [-0.39, 0.29) is 34.9 Å². The average molecular weight is 281 g/mol. The van der Waals surface area contributed by atoms with Crippen molar-refractivity contribution in [3.8, 4) is 0 Å². The quantitative estimate of drug-likeness (QED) is 0.347. The third-order valence-corrected chi connectivity index (χ3v) is 1.12. The van der Waals surface area contributed by atoms with Gasteiger partial charge in [0.1, 0.15) is 0 Å². The molecule has 0 aliphatic carbocycles. The predicted octanol–water partition coefficient (Wildman–Crippen LogP) is -2.13. The standard InChI is InChI=1S/3C3H10N2.Co/c3*1-3(5)2-4;/h3*3H,2,4-5H2,1H3;. The van der Waals surface area contributed by atoms with Gasteiger partial charge in [-0.15, -0.1) is 0 Å². The van der Waals surface area contributed by atoms with Crippen molar-refractivity contribution in [2.45, 2.75) is 38.9 Å². The van der Waals surface area contributed by atoms with Crippen LogP contribution in [-0.4, -0.2) is 37.8 Å². The molecular weight excluding hydrogens is 251 g/mol. The molecule has 6 nitrogen and oxygen atoms in total. The second kappa shape index (κ2) is 20.7. The van der Waals surface area contributed by atoms with Crippen LogP contribution >= 0.6 is 0 Å². The third-order valence-electron chi connectivity index (χ3n) is 1.12. The van der Waals surface area contributed by atoms with Crippen molar-refractivity contribution >= 4 is 0 Å². The Bertz CT molecular complexity index is 81.0. The Balaban J connectivity index is -0.0000000655. The molecule has 0 aromatic rings. The molecule has 0 amide bonds. The molecule has 0 spiro atoms. The Morgan fingerprint density at radius 1 is 0.625 bits per heavy atom. The molecule has 3 atom stereocenters. The van der Waals surface area contributed by atoms with Crippen molar-refractivity contribution in [3.63, 3.8) is 0 Å². The van der Waals surface area contributed by atoms with Gasteiger partial charge in [0, 0.05) is 54.5 Å². The topological polar surface area (TPSA) is 156 Å². The van der Waals surface area contributed by atoms with Gasteiger partial charge in [0.25, 0.3) is 0 Å². The Kier molecular flexibility index (Phi) is 32.5.